The Labute approximate surface area is 170 Å². The second-order valence-electron chi connectivity index (χ2n) is 7.24. The Hall–Kier alpha value is -3.12. The molecular weight excluding hydrogens is 384 g/mol. The third-order valence-electron chi connectivity index (χ3n) is 5.17. The normalized spacial score (nSPS) is 13.0. The number of carbonyl (C=O) groups is 1. The molecule has 3 aromatic carbocycles. The molecule has 0 unspecified atom stereocenters. The molecule has 148 valence electrons. The maximum Gasteiger partial charge on any atom is 0.261 e. The van der Waals surface area contributed by atoms with Crippen LogP contribution in [-0.2, 0) is 22.9 Å². The zero-order valence-corrected chi connectivity index (χ0v) is 16.9. The molecular formula is C23H22N2O3S. The van der Waals surface area contributed by atoms with Crippen LogP contribution in [0.4, 0.5) is 11.4 Å². The lowest BCUT2D eigenvalue weighted by Gasteiger charge is -2.11. The zero-order chi connectivity index (χ0) is 20.4. The van der Waals surface area contributed by atoms with Gasteiger partial charge in [-0.1, -0.05) is 24.3 Å². The molecule has 0 aliphatic heterocycles. The number of hydrogen-bond donors (Lipinski definition) is 2. The molecule has 0 spiro atoms. The molecule has 3 aromatic rings. The van der Waals surface area contributed by atoms with E-state index in [1.165, 1.54) is 35.4 Å². The number of fused-ring (bicyclic) bond motifs is 1. The summed E-state index contributed by atoms with van der Waals surface area (Å²) in [6, 6.07) is 19.1. The van der Waals surface area contributed by atoms with E-state index in [-0.39, 0.29) is 10.8 Å². The summed E-state index contributed by atoms with van der Waals surface area (Å²) in [5.74, 6) is -0.265. The van der Waals surface area contributed by atoms with Gasteiger partial charge < -0.3 is 5.32 Å². The smallest absolute Gasteiger partial charge is 0.261 e. The van der Waals surface area contributed by atoms with Crippen LogP contribution in [0, 0.1) is 6.92 Å². The highest BCUT2D eigenvalue weighted by Crippen LogP contribution is 2.25. The number of carbonyl (C=O) groups excluding carboxylic acids is 1. The van der Waals surface area contributed by atoms with Gasteiger partial charge in [0.05, 0.1) is 10.6 Å². The van der Waals surface area contributed by atoms with E-state index in [1.807, 2.05) is 31.2 Å². The van der Waals surface area contributed by atoms with Crippen molar-refractivity contribution in [2.45, 2.75) is 31.1 Å². The average Bonchev–Trinajstić information content (AvgIpc) is 3.17. The number of amides is 1. The number of sulfonamides is 1. The highest BCUT2D eigenvalue weighted by molar-refractivity contribution is 7.92. The minimum atomic E-state index is -3.73. The summed E-state index contributed by atoms with van der Waals surface area (Å²) in [7, 11) is -3.73. The first-order chi connectivity index (χ1) is 13.9. The van der Waals surface area contributed by atoms with E-state index in [4.69, 9.17) is 0 Å². The maximum absolute atomic E-state index is 12.6. The van der Waals surface area contributed by atoms with Crippen molar-refractivity contribution in [1.29, 1.82) is 0 Å². The van der Waals surface area contributed by atoms with E-state index >= 15 is 0 Å². The van der Waals surface area contributed by atoms with E-state index < -0.39 is 10.0 Å². The molecule has 0 saturated heterocycles. The van der Waals surface area contributed by atoms with Crippen molar-refractivity contribution in [3.05, 3.63) is 89.0 Å². The first-order valence-corrected chi connectivity index (χ1v) is 11.0. The third kappa shape index (κ3) is 4.17. The quantitative estimate of drug-likeness (QED) is 0.653. The van der Waals surface area contributed by atoms with Gasteiger partial charge >= 0.3 is 0 Å². The Balaban J connectivity index is 1.48. The summed E-state index contributed by atoms with van der Waals surface area (Å²) in [6.07, 6.45) is 3.29. The standard InChI is InChI=1S/C23H22N2O3S/c1-16-5-2-3-8-22(16)25-29(27,28)21-13-10-18(11-14-21)23(26)24-20-12-9-17-6-4-7-19(17)15-20/h2-3,5,8-15,25H,4,6-7H2,1H3,(H,24,26). The average molecular weight is 407 g/mol. The first kappa shape index (κ1) is 19.2. The third-order valence-corrected chi connectivity index (χ3v) is 6.55. The Morgan fingerprint density at radius 1 is 0.897 bits per heavy atom. The van der Waals surface area contributed by atoms with Crippen LogP contribution in [0.2, 0.25) is 0 Å². The van der Waals surface area contributed by atoms with E-state index in [0.717, 1.165) is 30.5 Å². The number of nitrogens with one attached hydrogen (secondary N) is 2. The zero-order valence-electron chi connectivity index (χ0n) is 16.1. The molecule has 1 amide bonds. The molecule has 4 rings (SSSR count). The Morgan fingerprint density at radius 3 is 2.38 bits per heavy atom. The van der Waals surface area contributed by atoms with E-state index in [0.29, 0.717) is 11.3 Å². The summed E-state index contributed by atoms with van der Waals surface area (Å²) in [6.45, 7) is 1.84. The van der Waals surface area contributed by atoms with Gasteiger partial charge in [0.1, 0.15) is 0 Å². The summed E-state index contributed by atoms with van der Waals surface area (Å²) in [5, 5.41) is 2.89. The van der Waals surface area contributed by atoms with Crippen molar-refractivity contribution >= 4 is 27.3 Å². The van der Waals surface area contributed by atoms with Gasteiger partial charge in [0.25, 0.3) is 15.9 Å². The Kier molecular flexibility index (Phi) is 5.11. The van der Waals surface area contributed by atoms with E-state index in [2.05, 4.69) is 16.1 Å². The molecule has 1 aliphatic carbocycles. The molecule has 0 fully saturated rings. The fourth-order valence-corrected chi connectivity index (χ4v) is 4.66. The minimum absolute atomic E-state index is 0.106. The van der Waals surface area contributed by atoms with Crippen molar-refractivity contribution < 1.29 is 13.2 Å². The van der Waals surface area contributed by atoms with Gasteiger partial charge in [-0.2, -0.15) is 0 Å². The largest absolute Gasteiger partial charge is 0.322 e. The summed E-state index contributed by atoms with van der Waals surface area (Å²) in [5.41, 5.74) is 5.16. The monoisotopic (exact) mass is 406 g/mol. The van der Waals surface area contributed by atoms with E-state index in [9.17, 15) is 13.2 Å². The van der Waals surface area contributed by atoms with Crippen molar-refractivity contribution in [2.24, 2.45) is 0 Å². The predicted molar refractivity (Wildman–Crippen MR) is 115 cm³/mol. The van der Waals surface area contributed by atoms with Crippen molar-refractivity contribution in [3.63, 3.8) is 0 Å². The SMILES string of the molecule is Cc1ccccc1NS(=O)(=O)c1ccc(C(=O)Nc2ccc3c(c2)CCC3)cc1. The van der Waals surface area contributed by atoms with Crippen LogP contribution in [0.25, 0.3) is 0 Å². The number of rotatable bonds is 5. The summed E-state index contributed by atoms with van der Waals surface area (Å²) < 4.78 is 27.8. The number of anilines is 2. The molecule has 6 heteroatoms. The van der Waals surface area contributed by atoms with Crippen molar-refractivity contribution in [1.82, 2.24) is 0 Å². The molecule has 0 heterocycles. The van der Waals surface area contributed by atoms with Crippen LogP contribution in [0.5, 0.6) is 0 Å². The topological polar surface area (TPSA) is 75.3 Å². The Morgan fingerprint density at radius 2 is 1.62 bits per heavy atom. The van der Waals surface area contributed by atoms with Crippen LogP contribution < -0.4 is 10.0 Å². The first-order valence-electron chi connectivity index (χ1n) is 9.54. The fraction of sp³-hybridized carbons (Fsp3) is 0.174. The second-order valence-corrected chi connectivity index (χ2v) is 8.92. The summed E-state index contributed by atoms with van der Waals surface area (Å²) >= 11 is 0. The van der Waals surface area contributed by atoms with E-state index in [1.54, 1.807) is 12.1 Å². The maximum atomic E-state index is 12.6. The highest BCUT2D eigenvalue weighted by atomic mass is 32.2. The van der Waals surface area contributed by atoms with Crippen LogP contribution in [-0.4, -0.2) is 14.3 Å². The molecule has 2 N–H and O–H groups in total. The number of para-hydroxylation sites is 1. The van der Waals surface area contributed by atoms with Gasteiger partial charge in [-0.05, 0) is 85.3 Å². The molecule has 0 atom stereocenters. The van der Waals surface area contributed by atoms with Crippen LogP contribution in [0.15, 0.2) is 71.6 Å². The molecule has 0 saturated carbocycles. The number of aryl methyl sites for hydroxylation is 3. The summed E-state index contributed by atoms with van der Waals surface area (Å²) in [4.78, 5) is 12.6. The molecule has 0 radical (unpaired) electrons. The minimum Gasteiger partial charge on any atom is -0.322 e. The lowest BCUT2D eigenvalue weighted by molar-refractivity contribution is 0.102. The Bertz CT molecular complexity index is 1170. The molecule has 1 aliphatic rings. The van der Waals surface area contributed by atoms with Crippen LogP contribution in [0.3, 0.4) is 0 Å². The molecule has 5 nitrogen and oxygen atoms in total. The van der Waals surface area contributed by atoms with Gasteiger partial charge in [-0.25, -0.2) is 8.42 Å². The lowest BCUT2D eigenvalue weighted by atomic mass is 10.1. The van der Waals surface area contributed by atoms with Gasteiger partial charge in [0.2, 0.25) is 0 Å². The van der Waals surface area contributed by atoms with Crippen molar-refractivity contribution in [3.8, 4) is 0 Å². The van der Waals surface area contributed by atoms with Gasteiger partial charge in [-0.15, -0.1) is 0 Å². The van der Waals surface area contributed by atoms with Crippen LogP contribution >= 0.6 is 0 Å². The van der Waals surface area contributed by atoms with Gasteiger partial charge in [0.15, 0.2) is 0 Å². The molecule has 0 aromatic heterocycles. The van der Waals surface area contributed by atoms with Gasteiger partial charge in [-0.3, -0.25) is 9.52 Å². The number of benzene rings is 3. The molecule has 29 heavy (non-hydrogen) atoms. The van der Waals surface area contributed by atoms with Crippen molar-refractivity contribution in [2.75, 3.05) is 10.0 Å². The number of hydrogen-bond acceptors (Lipinski definition) is 3. The lowest BCUT2D eigenvalue weighted by Crippen LogP contribution is -2.15. The highest BCUT2D eigenvalue weighted by Gasteiger charge is 2.17. The van der Waals surface area contributed by atoms with Crippen LogP contribution in [0.1, 0.15) is 33.5 Å². The van der Waals surface area contributed by atoms with Gasteiger partial charge in [0, 0.05) is 11.3 Å². The fourth-order valence-electron chi connectivity index (χ4n) is 3.53. The molecule has 0 bridgehead atoms. The predicted octanol–water partition coefficient (Wildman–Crippen LogP) is 4.54. The second kappa shape index (κ2) is 7.72.